The quantitative estimate of drug-likeness (QED) is 0.631. The molecule has 29 heavy (non-hydrogen) atoms. The highest BCUT2D eigenvalue weighted by atomic mass is 35.5. The minimum absolute atomic E-state index is 0.00329. The van der Waals surface area contributed by atoms with Crippen molar-refractivity contribution in [3.8, 4) is 11.3 Å². The molecule has 1 aliphatic rings. The summed E-state index contributed by atoms with van der Waals surface area (Å²) in [5.41, 5.74) is 1.66. The number of aliphatic hydroxyl groups is 1. The monoisotopic (exact) mass is 457 g/mol. The first-order chi connectivity index (χ1) is 13.8. The Labute approximate surface area is 179 Å². The Kier molecular flexibility index (Phi) is 7.26. The summed E-state index contributed by atoms with van der Waals surface area (Å²) in [7, 11) is -3.11. The van der Waals surface area contributed by atoms with Gasteiger partial charge < -0.3 is 10.4 Å². The van der Waals surface area contributed by atoms with Gasteiger partial charge in [0, 0.05) is 5.02 Å². The molecule has 0 radical (unpaired) electrons. The molecule has 2 atom stereocenters. The number of nitrogens with zero attached hydrogens (tertiary/aromatic N) is 2. The number of carbonyl (C=O) groups excluding carboxylic acids is 1. The number of aromatic nitrogens is 2. The SMILES string of the molecule is CSCC[C@H](CO)NC(=O)c1cc(-c2ccc(Cl)cc2)n([C@H]2CCS(=O)(=O)C2)n1. The molecular formula is C19H24ClN3O4S2. The van der Waals surface area contributed by atoms with Crippen molar-refractivity contribution < 1.29 is 18.3 Å². The Morgan fingerprint density at radius 3 is 2.72 bits per heavy atom. The van der Waals surface area contributed by atoms with E-state index in [9.17, 15) is 18.3 Å². The van der Waals surface area contributed by atoms with Crippen LogP contribution in [0.3, 0.4) is 0 Å². The fourth-order valence-corrected chi connectivity index (χ4v) is 5.65. The van der Waals surface area contributed by atoms with Gasteiger partial charge in [-0.3, -0.25) is 9.48 Å². The van der Waals surface area contributed by atoms with Crippen LogP contribution in [-0.2, 0) is 9.84 Å². The molecule has 0 bridgehead atoms. The molecule has 2 heterocycles. The van der Waals surface area contributed by atoms with Crippen LogP contribution in [-0.4, -0.2) is 65.4 Å². The molecule has 10 heteroatoms. The molecule has 158 valence electrons. The third-order valence-corrected chi connectivity index (χ3v) is 7.53. The van der Waals surface area contributed by atoms with Gasteiger partial charge in [-0.25, -0.2) is 8.42 Å². The lowest BCUT2D eigenvalue weighted by molar-refractivity contribution is 0.0909. The minimum atomic E-state index is -3.11. The molecule has 3 rings (SSSR count). The molecule has 2 aromatic rings. The fraction of sp³-hybridized carbons (Fsp3) is 0.474. The second-order valence-corrected chi connectivity index (χ2v) is 10.7. The molecule has 0 spiro atoms. The molecule has 1 aromatic carbocycles. The minimum Gasteiger partial charge on any atom is -0.394 e. The molecule has 1 aromatic heterocycles. The van der Waals surface area contributed by atoms with Gasteiger partial charge in [0.25, 0.3) is 5.91 Å². The predicted octanol–water partition coefficient (Wildman–Crippen LogP) is 2.41. The fourth-order valence-electron chi connectivity index (χ4n) is 3.32. The summed E-state index contributed by atoms with van der Waals surface area (Å²) in [6.07, 6.45) is 3.07. The molecule has 7 nitrogen and oxygen atoms in total. The normalized spacial score (nSPS) is 19.2. The van der Waals surface area contributed by atoms with Crippen LogP contribution in [0.5, 0.6) is 0 Å². The summed E-state index contributed by atoms with van der Waals surface area (Å²) < 4.78 is 25.6. The predicted molar refractivity (Wildman–Crippen MR) is 116 cm³/mol. The van der Waals surface area contributed by atoms with E-state index in [1.165, 1.54) is 0 Å². The highest BCUT2D eigenvalue weighted by Gasteiger charge is 2.32. The van der Waals surface area contributed by atoms with E-state index < -0.39 is 9.84 Å². The maximum Gasteiger partial charge on any atom is 0.272 e. The molecule has 1 aliphatic heterocycles. The smallest absolute Gasteiger partial charge is 0.272 e. The topological polar surface area (TPSA) is 101 Å². The van der Waals surface area contributed by atoms with Crippen LogP contribution in [0.1, 0.15) is 29.4 Å². The number of carbonyl (C=O) groups is 1. The van der Waals surface area contributed by atoms with Gasteiger partial charge in [0.05, 0.1) is 35.9 Å². The lowest BCUT2D eigenvalue weighted by atomic mass is 10.1. The van der Waals surface area contributed by atoms with E-state index in [4.69, 9.17) is 11.6 Å². The standard InChI is InChI=1S/C19H24ClN3O4S2/c1-28-8-6-15(11-24)21-19(25)17-10-18(13-2-4-14(20)5-3-13)23(22-17)16-7-9-29(26,27)12-16/h2-5,10,15-16,24H,6-9,11-12H2,1H3,(H,21,25)/t15-,16+/m1/s1. The number of hydrogen-bond acceptors (Lipinski definition) is 6. The Hall–Kier alpha value is -1.55. The number of aliphatic hydroxyl groups excluding tert-OH is 1. The number of thioether (sulfide) groups is 1. The molecule has 2 N–H and O–H groups in total. The first-order valence-corrected chi connectivity index (χ1v) is 12.9. The summed E-state index contributed by atoms with van der Waals surface area (Å²) in [5.74, 6) is 0.541. The summed E-state index contributed by atoms with van der Waals surface area (Å²) in [6.45, 7) is -0.155. The highest BCUT2D eigenvalue weighted by molar-refractivity contribution is 7.98. The third-order valence-electron chi connectivity index (χ3n) is 4.89. The van der Waals surface area contributed by atoms with Crippen molar-refractivity contribution >= 4 is 39.1 Å². The number of rotatable bonds is 8. The van der Waals surface area contributed by atoms with E-state index in [1.54, 1.807) is 34.6 Å². The van der Waals surface area contributed by atoms with Crippen LogP contribution in [0.15, 0.2) is 30.3 Å². The molecular weight excluding hydrogens is 434 g/mol. The maximum absolute atomic E-state index is 12.7. The second kappa shape index (κ2) is 9.51. The van der Waals surface area contributed by atoms with E-state index in [-0.39, 0.29) is 41.8 Å². The van der Waals surface area contributed by atoms with Crippen LogP contribution < -0.4 is 5.32 Å². The zero-order chi connectivity index (χ0) is 21.0. The van der Waals surface area contributed by atoms with Crippen molar-refractivity contribution in [2.75, 3.05) is 30.1 Å². The van der Waals surface area contributed by atoms with E-state index in [0.29, 0.717) is 23.6 Å². The van der Waals surface area contributed by atoms with Gasteiger partial charge in [0.15, 0.2) is 15.5 Å². The van der Waals surface area contributed by atoms with Gasteiger partial charge in [0.2, 0.25) is 0 Å². The average molecular weight is 458 g/mol. The van der Waals surface area contributed by atoms with Gasteiger partial charge in [-0.2, -0.15) is 16.9 Å². The summed E-state index contributed by atoms with van der Waals surface area (Å²) in [5, 5.41) is 17.4. The molecule has 0 unspecified atom stereocenters. The van der Waals surface area contributed by atoms with Gasteiger partial charge in [-0.05, 0) is 48.6 Å². The molecule has 1 fully saturated rings. The van der Waals surface area contributed by atoms with Crippen molar-refractivity contribution in [3.63, 3.8) is 0 Å². The van der Waals surface area contributed by atoms with E-state index in [2.05, 4.69) is 10.4 Å². The molecule has 0 saturated carbocycles. The Morgan fingerprint density at radius 2 is 2.14 bits per heavy atom. The molecule has 1 amide bonds. The van der Waals surface area contributed by atoms with Crippen molar-refractivity contribution in [2.45, 2.75) is 24.9 Å². The average Bonchev–Trinajstić information content (AvgIpc) is 3.29. The van der Waals surface area contributed by atoms with Gasteiger partial charge in [-0.1, -0.05) is 23.7 Å². The number of benzene rings is 1. The van der Waals surface area contributed by atoms with Gasteiger partial charge >= 0.3 is 0 Å². The Morgan fingerprint density at radius 1 is 1.41 bits per heavy atom. The summed E-state index contributed by atoms with van der Waals surface area (Å²) in [6, 6.07) is 8.09. The van der Waals surface area contributed by atoms with Gasteiger partial charge in [-0.15, -0.1) is 0 Å². The highest BCUT2D eigenvalue weighted by Crippen LogP contribution is 2.30. The number of halogens is 1. The van der Waals surface area contributed by atoms with E-state index >= 15 is 0 Å². The number of nitrogens with one attached hydrogen (secondary N) is 1. The van der Waals surface area contributed by atoms with Crippen molar-refractivity contribution in [2.24, 2.45) is 0 Å². The maximum atomic E-state index is 12.7. The van der Waals surface area contributed by atoms with Gasteiger partial charge in [0.1, 0.15) is 0 Å². The number of amides is 1. The van der Waals surface area contributed by atoms with E-state index in [0.717, 1.165) is 11.3 Å². The van der Waals surface area contributed by atoms with Crippen LogP contribution >= 0.6 is 23.4 Å². The Balaban J connectivity index is 1.91. The third kappa shape index (κ3) is 5.53. The van der Waals surface area contributed by atoms with Crippen molar-refractivity contribution in [3.05, 3.63) is 41.0 Å². The largest absolute Gasteiger partial charge is 0.394 e. The lowest BCUT2D eigenvalue weighted by Crippen LogP contribution is -2.38. The van der Waals surface area contributed by atoms with Crippen molar-refractivity contribution in [1.29, 1.82) is 0 Å². The van der Waals surface area contributed by atoms with E-state index in [1.807, 2.05) is 18.4 Å². The summed E-state index contributed by atoms with van der Waals surface area (Å²) >= 11 is 7.62. The second-order valence-electron chi connectivity index (χ2n) is 7.06. The first kappa shape index (κ1) is 22.1. The Bertz CT molecular complexity index is 960. The van der Waals surface area contributed by atoms with Crippen LogP contribution in [0.4, 0.5) is 0 Å². The van der Waals surface area contributed by atoms with Crippen LogP contribution in [0.2, 0.25) is 5.02 Å². The lowest BCUT2D eigenvalue weighted by Gasteiger charge is -2.15. The van der Waals surface area contributed by atoms with Crippen molar-refractivity contribution in [1.82, 2.24) is 15.1 Å². The first-order valence-electron chi connectivity index (χ1n) is 9.29. The molecule has 0 aliphatic carbocycles. The number of sulfone groups is 1. The number of hydrogen-bond donors (Lipinski definition) is 2. The van der Waals surface area contributed by atoms with Crippen LogP contribution in [0, 0.1) is 0 Å². The zero-order valence-corrected chi connectivity index (χ0v) is 18.4. The summed E-state index contributed by atoms with van der Waals surface area (Å²) in [4.78, 5) is 12.7. The molecule has 1 saturated heterocycles. The zero-order valence-electron chi connectivity index (χ0n) is 16.0. The van der Waals surface area contributed by atoms with Crippen LogP contribution in [0.25, 0.3) is 11.3 Å².